The smallest absolute Gasteiger partial charge is 0.251 e. The van der Waals surface area contributed by atoms with Crippen molar-refractivity contribution in [1.29, 1.82) is 0 Å². The third-order valence-corrected chi connectivity index (χ3v) is 4.35. The summed E-state index contributed by atoms with van der Waals surface area (Å²) in [5.74, 6) is 0.937. The SMILES string of the molecule is COc1cc(C(=O)N[C@H](C)[C@@H](CO)SC)ccc1OC(C)C. The second-order valence-electron chi connectivity index (χ2n) is 5.25. The summed E-state index contributed by atoms with van der Waals surface area (Å²) >= 11 is 1.52. The number of thioether (sulfide) groups is 1. The largest absolute Gasteiger partial charge is 0.493 e. The number of methoxy groups -OCH3 is 1. The van der Waals surface area contributed by atoms with E-state index in [9.17, 15) is 9.90 Å². The number of rotatable bonds is 8. The normalized spacial score (nSPS) is 13.6. The number of carbonyl (C=O) groups is 1. The van der Waals surface area contributed by atoms with Crippen LogP contribution in [0.5, 0.6) is 11.5 Å². The lowest BCUT2D eigenvalue weighted by Crippen LogP contribution is -2.41. The molecule has 0 radical (unpaired) electrons. The van der Waals surface area contributed by atoms with Gasteiger partial charge < -0.3 is 19.9 Å². The third-order valence-electron chi connectivity index (χ3n) is 3.19. The van der Waals surface area contributed by atoms with Crippen molar-refractivity contribution >= 4 is 17.7 Å². The lowest BCUT2D eigenvalue weighted by molar-refractivity contribution is 0.0935. The van der Waals surface area contributed by atoms with Gasteiger partial charge in [0.05, 0.1) is 19.8 Å². The van der Waals surface area contributed by atoms with Gasteiger partial charge in [-0.3, -0.25) is 4.79 Å². The van der Waals surface area contributed by atoms with Crippen LogP contribution in [0.1, 0.15) is 31.1 Å². The monoisotopic (exact) mass is 327 g/mol. The molecule has 5 nitrogen and oxygen atoms in total. The second-order valence-corrected chi connectivity index (χ2v) is 6.33. The van der Waals surface area contributed by atoms with Crippen molar-refractivity contribution in [3.8, 4) is 11.5 Å². The molecule has 0 heterocycles. The van der Waals surface area contributed by atoms with E-state index in [0.717, 1.165) is 0 Å². The molecule has 0 unspecified atom stereocenters. The summed E-state index contributed by atoms with van der Waals surface area (Å²) in [6.45, 7) is 5.76. The van der Waals surface area contributed by atoms with Gasteiger partial charge in [0.2, 0.25) is 0 Å². The van der Waals surface area contributed by atoms with Crippen LogP contribution < -0.4 is 14.8 Å². The molecule has 0 aliphatic carbocycles. The van der Waals surface area contributed by atoms with E-state index in [1.807, 2.05) is 27.0 Å². The van der Waals surface area contributed by atoms with Crippen LogP contribution in [0.2, 0.25) is 0 Å². The molecule has 124 valence electrons. The van der Waals surface area contributed by atoms with E-state index in [0.29, 0.717) is 17.1 Å². The first-order valence-corrected chi connectivity index (χ1v) is 8.50. The van der Waals surface area contributed by atoms with E-state index < -0.39 is 0 Å². The highest BCUT2D eigenvalue weighted by atomic mass is 32.2. The Morgan fingerprint density at radius 2 is 2.00 bits per heavy atom. The molecule has 2 atom stereocenters. The Bertz CT molecular complexity index is 489. The van der Waals surface area contributed by atoms with Crippen molar-refractivity contribution in [2.45, 2.75) is 38.2 Å². The topological polar surface area (TPSA) is 67.8 Å². The zero-order valence-electron chi connectivity index (χ0n) is 13.8. The molecule has 0 spiro atoms. The minimum atomic E-state index is -0.200. The van der Waals surface area contributed by atoms with Crippen LogP contribution in [-0.2, 0) is 0 Å². The third kappa shape index (κ3) is 5.10. The second kappa shape index (κ2) is 8.90. The van der Waals surface area contributed by atoms with Gasteiger partial charge in [-0.25, -0.2) is 0 Å². The van der Waals surface area contributed by atoms with Crippen molar-refractivity contribution in [3.63, 3.8) is 0 Å². The molecule has 0 aromatic heterocycles. The highest BCUT2D eigenvalue weighted by Crippen LogP contribution is 2.29. The molecule has 22 heavy (non-hydrogen) atoms. The Morgan fingerprint density at radius 3 is 2.50 bits per heavy atom. The number of hydrogen-bond acceptors (Lipinski definition) is 5. The Morgan fingerprint density at radius 1 is 1.32 bits per heavy atom. The summed E-state index contributed by atoms with van der Waals surface area (Å²) in [5, 5.41) is 12.1. The van der Waals surface area contributed by atoms with Gasteiger partial charge in [-0.15, -0.1) is 0 Å². The maximum absolute atomic E-state index is 12.3. The maximum atomic E-state index is 12.3. The number of benzene rings is 1. The number of aliphatic hydroxyl groups excluding tert-OH is 1. The number of nitrogens with one attached hydrogen (secondary N) is 1. The zero-order chi connectivity index (χ0) is 16.7. The van der Waals surface area contributed by atoms with Gasteiger partial charge in [0, 0.05) is 16.9 Å². The van der Waals surface area contributed by atoms with Gasteiger partial charge in [-0.2, -0.15) is 11.8 Å². The van der Waals surface area contributed by atoms with Gasteiger partial charge in [-0.1, -0.05) is 0 Å². The molecule has 0 aliphatic heterocycles. The van der Waals surface area contributed by atoms with E-state index in [-0.39, 0.29) is 29.9 Å². The Hall–Kier alpha value is -1.40. The number of carbonyl (C=O) groups excluding carboxylic acids is 1. The van der Waals surface area contributed by atoms with Crippen LogP contribution in [0.4, 0.5) is 0 Å². The molecule has 6 heteroatoms. The lowest BCUT2D eigenvalue weighted by atomic mass is 10.1. The molecule has 0 aliphatic rings. The van der Waals surface area contributed by atoms with Crippen molar-refractivity contribution in [1.82, 2.24) is 5.32 Å². The van der Waals surface area contributed by atoms with Gasteiger partial charge >= 0.3 is 0 Å². The summed E-state index contributed by atoms with van der Waals surface area (Å²) in [4.78, 5) is 12.3. The quantitative estimate of drug-likeness (QED) is 0.767. The molecule has 0 saturated carbocycles. The summed E-state index contributed by atoms with van der Waals surface area (Å²) in [6, 6.07) is 4.96. The predicted octanol–water partition coefficient (Wildman–Crippen LogP) is 2.32. The molecule has 0 saturated heterocycles. The summed E-state index contributed by atoms with van der Waals surface area (Å²) in [7, 11) is 1.54. The van der Waals surface area contributed by atoms with Crippen LogP contribution in [0.15, 0.2) is 18.2 Å². The van der Waals surface area contributed by atoms with Crippen molar-refractivity contribution < 1.29 is 19.4 Å². The van der Waals surface area contributed by atoms with Crippen LogP contribution >= 0.6 is 11.8 Å². The van der Waals surface area contributed by atoms with Crippen LogP contribution in [0.3, 0.4) is 0 Å². The van der Waals surface area contributed by atoms with Crippen LogP contribution in [-0.4, -0.2) is 48.4 Å². The molecule has 1 amide bonds. The van der Waals surface area contributed by atoms with Gasteiger partial charge in [0.25, 0.3) is 5.91 Å². The predicted molar refractivity (Wildman–Crippen MR) is 90.1 cm³/mol. The summed E-state index contributed by atoms with van der Waals surface area (Å²) in [5.41, 5.74) is 0.498. The minimum Gasteiger partial charge on any atom is -0.493 e. The molecular formula is C16H25NO4S. The molecule has 0 fully saturated rings. The summed E-state index contributed by atoms with van der Waals surface area (Å²) < 4.78 is 10.9. The number of ether oxygens (including phenoxy) is 2. The number of amides is 1. The summed E-state index contributed by atoms with van der Waals surface area (Å²) in [6.07, 6.45) is 1.94. The van der Waals surface area contributed by atoms with E-state index in [2.05, 4.69) is 5.32 Å². The number of aliphatic hydroxyl groups is 1. The molecular weight excluding hydrogens is 302 g/mol. The first kappa shape index (κ1) is 18.6. The highest BCUT2D eigenvalue weighted by molar-refractivity contribution is 7.99. The standard InChI is InChI=1S/C16H25NO4S/c1-10(2)21-13-7-6-12(8-14(13)20-4)16(19)17-11(3)15(9-18)22-5/h6-8,10-11,15,18H,9H2,1-5H3,(H,17,19)/t11-,15-/m1/s1. The Labute approximate surface area is 136 Å². The molecule has 0 bridgehead atoms. The highest BCUT2D eigenvalue weighted by Gasteiger charge is 2.19. The average molecular weight is 327 g/mol. The maximum Gasteiger partial charge on any atom is 0.251 e. The zero-order valence-corrected chi connectivity index (χ0v) is 14.6. The fraction of sp³-hybridized carbons (Fsp3) is 0.562. The van der Waals surface area contributed by atoms with E-state index in [1.165, 1.54) is 11.8 Å². The van der Waals surface area contributed by atoms with Gasteiger partial charge in [0.1, 0.15) is 0 Å². The van der Waals surface area contributed by atoms with E-state index in [1.54, 1.807) is 25.3 Å². The van der Waals surface area contributed by atoms with Crippen molar-refractivity contribution in [3.05, 3.63) is 23.8 Å². The molecule has 1 rings (SSSR count). The Balaban J connectivity index is 2.86. The van der Waals surface area contributed by atoms with E-state index in [4.69, 9.17) is 9.47 Å². The van der Waals surface area contributed by atoms with Crippen molar-refractivity contribution in [2.75, 3.05) is 20.0 Å². The van der Waals surface area contributed by atoms with Crippen LogP contribution in [0, 0.1) is 0 Å². The molecule has 2 N–H and O–H groups in total. The van der Waals surface area contributed by atoms with Crippen molar-refractivity contribution in [2.24, 2.45) is 0 Å². The van der Waals surface area contributed by atoms with Crippen LogP contribution in [0.25, 0.3) is 0 Å². The lowest BCUT2D eigenvalue weighted by Gasteiger charge is -2.21. The fourth-order valence-electron chi connectivity index (χ4n) is 1.98. The fourth-order valence-corrected chi connectivity index (χ4v) is 2.61. The number of hydrogen-bond donors (Lipinski definition) is 2. The average Bonchev–Trinajstić information content (AvgIpc) is 2.48. The van der Waals surface area contributed by atoms with Gasteiger partial charge in [-0.05, 0) is 45.2 Å². The van der Waals surface area contributed by atoms with E-state index >= 15 is 0 Å². The minimum absolute atomic E-state index is 0.0209. The molecule has 1 aromatic carbocycles. The Kier molecular flexibility index (Phi) is 7.55. The first-order chi connectivity index (χ1) is 10.4. The van der Waals surface area contributed by atoms with Gasteiger partial charge in [0.15, 0.2) is 11.5 Å². The first-order valence-electron chi connectivity index (χ1n) is 7.22. The molecule has 1 aromatic rings.